The molecule has 2 rings (SSSR count). The van der Waals surface area contributed by atoms with Crippen LogP contribution in [0.5, 0.6) is 0 Å². The number of hydrogen-bond acceptors (Lipinski definition) is 4. The van der Waals surface area contributed by atoms with Gasteiger partial charge in [0.05, 0.1) is 10.7 Å². The lowest BCUT2D eigenvalue weighted by Gasteiger charge is -2.33. The molecule has 0 radical (unpaired) electrons. The van der Waals surface area contributed by atoms with Crippen molar-refractivity contribution in [2.24, 2.45) is 11.7 Å². The second-order valence-electron chi connectivity index (χ2n) is 5.79. The zero-order valence-electron chi connectivity index (χ0n) is 12.5. The van der Waals surface area contributed by atoms with E-state index in [1.807, 2.05) is 11.8 Å². The maximum Gasteiger partial charge on any atom is 0.222 e. The largest absolute Gasteiger partial charge is 0.343 e. The van der Waals surface area contributed by atoms with Crippen LogP contribution in [0.4, 0.5) is 0 Å². The Labute approximate surface area is 125 Å². The summed E-state index contributed by atoms with van der Waals surface area (Å²) in [6.45, 7) is 5.83. The van der Waals surface area contributed by atoms with E-state index >= 15 is 0 Å². The fourth-order valence-electron chi connectivity index (χ4n) is 2.78. The molecule has 1 aliphatic heterocycles. The lowest BCUT2D eigenvalue weighted by molar-refractivity contribution is -0.132. The summed E-state index contributed by atoms with van der Waals surface area (Å²) in [4.78, 5) is 18.6. The Bertz CT molecular complexity index is 436. The van der Waals surface area contributed by atoms with Gasteiger partial charge < -0.3 is 10.6 Å². The maximum atomic E-state index is 12.1. The predicted octanol–water partition coefficient (Wildman–Crippen LogP) is 2.36. The van der Waals surface area contributed by atoms with Gasteiger partial charge in [0.15, 0.2) is 0 Å². The molecule has 2 heterocycles. The number of carbonyl (C=O) groups excluding carboxylic acids is 1. The molecular formula is C15H25N3OS. The number of likely N-dealkylation sites (tertiary alicyclic amines) is 1. The van der Waals surface area contributed by atoms with Crippen LogP contribution in [0.25, 0.3) is 0 Å². The minimum absolute atomic E-state index is 0.250. The first-order chi connectivity index (χ1) is 9.56. The Morgan fingerprint density at radius 2 is 2.25 bits per heavy atom. The summed E-state index contributed by atoms with van der Waals surface area (Å²) < 4.78 is 0. The molecule has 2 N–H and O–H groups in total. The smallest absolute Gasteiger partial charge is 0.222 e. The number of nitrogens with zero attached hydrogens (tertiary/aromatic N) is 2. The molecule has 1 unspecified atom stereocenters. The molecule has 0 spiro atoms. The molecule has 1 saturated heterocycles. The van der Waals surface area contributed by atoms with E-state index in [1.54, 1.807) is 11.3 Å². The van der Waals surface area contributed by atoms with Crippen LogP contribution in [0.2, 0.25) is 0 Å². The number of aryl methyl sites for hydroxylation is 2. The van der Waals surface area contributed by atoms with Gasteiger partial charge in [0.25, 0.3) is 0 Å². The number of piperidine rings is 1. The highest BCUT2D eigenvalue weighted by Crippen LogP contribution is 2.20. The summed E-state index contributed by atoms with van der Waals surface area (Å²) in [6.07, 6.45) is 4.55. The van der Waals surface area contributed by atoms with Gasteiger partial charge in [0.1, 0.15) is 0 Å². The minimum Gasteiger partial charge on any atom is -0.343 e. The Hall–Kier alpha value is -0.940. The predicted molar refractivity (Wildman–Crippen MR) is 82.7 cm³/mol. The Balaban J connectivity index is 1.68. The van der Waals surface area contributed by atoms with Gasteiger partial charge in [-0.3, -0.25) is 4.79 Å². The lowest BCUT2D eigenvalue weighted by Crippen LogP contribution is -2.42. The second kappa shape index (κ2) is 7.18. The third-order valence-corrected chi connectivity index (χ3v) is 4.95. The lowest BCUT2D eigenvalue weighted by atomic mass is 9.91. The fraction of sp³-hybridized carbons (Fsp3) is 0.733. The summed E-state index contributed by atoms with van der Waals surface area (Å²) in [5.74, 6) is 0.872. The van der Waals surface area contributed by atoms with Crippen molar-refractivity contribution in [2.45, 2.75) is 52.0 Å². The van der Waals surface area contributed by atoms with E-state index in [2.05, 4.69) is 17.3 Å². The minimum atomic E-state index is 0.250. The quantitative estimate of drug-likeness (QED) is 0.907. The first-order valence-corrected chi connectivity index (χ1v) is 8.38. The molecule has 112 valence electrons. The molecule has 1 aromatic rings. The number of amides is 1. The average Bonchev–Trinajstić information content (AvgIpc) is 2.84. The molecule has 1 aliphatic rings. The van der Waals surface area contributed by atoms with E-state index in [0.717, 1.165) is 49.5 Å². The zero-order chi connectivity index (χ0) is 14.5. The molecular weight excluding hydrogens is 270 g/mol. The van der Waals surface area contributed by atoms with Gasteiger partial charge in [-0.05, 0) is 45.4 Å². The molecule has 0 saturated carbocycles. The van der Waals surface area contributed by atoms with Gasteiger partial charge in [0, 0.05) is 30.9 Å². The molecule has 20 heavy (non-hydrogen) atoms. The van der Waals surface area contributed by atoms with Crippen LogP contribution in [0.1, 0.15) is 43.3 Å². The monoisotopic (exact) mass is 295 g/mol. The standard InChI is InChI=1S/C15H25N3OS/c1-11(16)13-6-8-18(9-7-13)15(19)5-3-4-14-10-20-12(2)17-14/h10-11,13H,3-9,16H2,1-2H3. The average molecular weight is 295 g/mol. The van der Waals surface area contributed by atoms with E-state index in [-0.39, 0.29) is 6.04 Å². The van der Waals surface area contributed by atoms with Crippen molar-refractivity contribution < 1.29 is 4.79 Å². The Morgan fingerprint density at radius 3 is 2.80 bits per heavy atom. The number of thiazole rings is 1. The summed E-state index contributed by atoms with van der Waals surface area (Å²) in [6, 6.07) is 0.250. The summed E-state index contributed by atoms with van der Waals surface area (Å²) >= 11 is 1.68. The van der Waals surface area contributed by atoms with Crippen LogP contribution in [0.15, 0.2) is 5.38 Å². The number of rotatable bonds is 5. The molecule has 1 fully saturated rings. The van der Waals surface area contributed by atoms with Crippen molar-refractivity contribution in [1.82, 2.24) is 9.88 Å². The molecule has 4 nitrogen and oxygen atoms in total. The normalized spacial score (nSPS) is 18.2. The van der Waals surface area contributed by atoms with Crippen LogP contribution in [0, 0.1) is 12.8 Å². The maximum absolute atomic E-state index is 12.1. The first-order valence-electron chi connectivity index (χ1n) is 7.50. The SMILES string of the molecule is Cc1nc(CCCC(=O)N2CCC(C(C)N)CC2)cs1. The van der Waals surface area contributed by atoms with Gasteiger partial charge in [-0.15, -0.1) is 11.3 Å². The first kappa shape index (κ1) is 15.4. The van der Waals surface area contributed by atoms with Crippen molar-refractivity contribution in [3.8, 4) is 0 Å². The molecule has 5 heteroatoms. The van der Waals surface area contributed by atoms with Gasteiger partial charge in [0.2, 0.25) is 5.91 Å². The Morgan fingerprint density at radius 1 is 1.55 bits per heavy atom. The van der Waals surface area contributed by atoms with Gasteiger partial charge in [-0.25, -0.2) is 4.98 Å². The van der Waals surface area contributed by atoms with Crippen molar-refractivity contribution in [3.63, 3.8) is 0 Å². The number of hydrogen-bond donors (Lipinski definition) is 1. The van der Waals surface area contributed by atoms with Gasteiger partial charge in [-0.2, -0.15) is 0 Å². The molecule has 0 aliphatic carbocycles. The van der Waals surface area contributed by atoms with Crippen LogP contribution in [-0.2, 0) is 11.2 Å². The Kier molecular flexibility index (Phi) is 5.54. The molecule has 1 aromatic heterocycles. The molecule has 1 amide bonds. The van der Waals surface area contributed by atoms with Crippen LogP contribution in [0.3, 0.4) is 0 Å². The third kappa shape index (κ3) is 4.28. The number of carbonyl (C=O) groups is 1. The molecule has 1 atom stereocenters. The second-order valence-corrected chi connectivity index (χ2v) is 6.85. The van der Waals surface area contributed by atoms with Crippen LogP contribution >= 0.6 is 11.3 Å². The highest BCUT2D eigenvalue weighted by molar-refractivity contribution is 7.09. The van der Waals surface area contributed by atoms with Crippen LogP contribution in [-0.4, -0.2) is 34.9 Å². The van der Waals surface area contributed by atoms with E-state index in [9.17, 15) is 4.79 Å². The highest BCUT2D eigenvalue weighted by Gasteiger charge is 2.24. The topological polar surface area (TPSA) is 59.2 Å². The highest BCUT2D eigenvalue weighted by atomic mass is 32.1. The van der Waals surface area contributed by atoms with Crippen LogP contribution < -0.4 is 5.73 Å². The van der Waals surface area contributed by atoms with Gasteiger partial charge >= 0.3 is 0 Å². The number of aromatic nitrogens is 1. The van der Waals surface area contributed by atoms with Crippen molar-refractivity contribution in [2.75, 3.05) is 13.1 Å². The summed E-state index contributed by atoms with van der Waals surface area (Å²) in [5, 5.41) is 3.19. The zero-order valence-corrected chi connectivity index (χ0v) is 13.3. The third-order valence-electron chi connectivity index (χ3n) is 4.13. The number of nitrogens with two attached hydrogens (primary N) is 1. The van der Waals surface area contributed by atoms with E-state index < -0.39 is 0 Å². The van der Waals surface area contributed by atoms with Crippen molar-refractivity contribution in [3.05, 3.63) is 16.1 Å². The molecule has 0 bridgehead atoms. The van der Waals surface area contributed by atoms with Crippen molar-refractivity contribution in [1.29, 1.82) is 0 Å². The van der Waals surface area contributed by atoms with E-state index in [4.69, 9.17) is 5.73 Å². The van der Waals surface area contributed by atoms with Gasteiger partial charge in [-0.1, -0.05) is 0 Å². The summed E-state index contributed by atoms with van der Waals surface area (Å²) in [5.41, 5.74) is 7.05. The van der Waals surface area contributed by atoms with E-state index in [1.165, 1.54) is 0 Å². The molecule has 0 aromatic carbocycles. The summed E-state index contributed by atoms with van der Waals surface area (Å²) in [7, 11) is 0. The van der Waals surface area contributed by atoms with E-state index in [0.29, 0.717) is 18.2 Å². The van der Waals surface area contributed by atoms with Crippen molar-refractivity contribution >= 4 is 17.2 Å². The fourth-order valence-corrected chi connectivity index (χ4v) is 3.42.